The zero-order valence-electron chi connectivity index (χ0n) is 77.9. The number of urea groups is 1. The first-order valence-electron chi connectivity index (χ1n) is 44.9. The van der Waals surface area contributed by atoms with Crippen molar-refractivity contribution < 1.29 is 177 Å². The Kier molecular flexibility index (Phi) is 34.6. The number of carbonyl (C=O) groups is 3. The van der Waals surface area contributed by atoms with Gasteiger partial charge < -0.3 is 77.0 Å². The van der Waals surface area contributed by atoms with Crippen LogP contribution in [0.2, 0.25) is 0 Å². The number of pyridine rings is 4. The Balaban J connectivity index is 0.000000156. The van der Waals surface area contributed by atoms with Crippen LogP contribution in [0.1, 0.15) is 80.6 Å². The quantitative estimate of drug-likeness (QED) is 0.0191. The van der Waals surface area contributed by atoms with Crippen LogP contribution in [0.5, 0.6) is 23.0 Å². The summed E-state index contributed by atoms with van der Waals surface area (Å²) >= 11 is 0. The monoisotopic (exact) mass is 2560 g/mol. The molecule has 0 saturated heterocycles. The van der Waals surface area contributed by atoms with Crippen molar-refractivity contribution in [3.63, 3.8) is 0 Å². The number of aliphatic hydroxyl groups is 8. The maximum Gasteiger partial charge on any atom is 0.404 e. The molecule has 0 fully saturated rings. The van der Waals surface area contributed by atoms with E-state index in [-0.39, 0.29) is 155 Å². The molecule has 4 amide bonds. The first-order valence-corrected chi connectivity index (χ1v) is 44.9. The number of aryl methyl sites for hydroxylation is 4. The Morgan fingerprint density at radius 1 is 0.300 bits per heavy atom. The van der Waals surface area contributed by atoms with Crippen LogP contribution in [0.3, 0.4) is 0 Å². The van der Waals surface area contributed by atoms with Crippen LogP contribution in [0, 0.1) is 0 Å². The minimum absolute atomic E-state index is 0. The predicted octanol–water partition coefficient (Wildman–Crippen LogP) is 14.3. The van der Waals surface area contributed by atoms with Crippen LogP contribution in [-0.4, -0.2) is 93.1 Å². The van der Waals surface area contributed by atoms with Crippen molar-refractivity contribution in [2.45, 2.75) is 119 Å². The second-order valence-electron chi connectivity index (χ2n) is 33.9. The number of hydrogen-bond donors (Lipinski definition) is 14. The van der Waals surface area contributed by atoms with Crippen LogP contribution in [-0.2, 0) is 199 Å². The van der Waals surface area contributed by atoms with E-state index in [0.29, 0.717) is 94.0 Å². The topological polar surface area (TPSA) is 392 Å². The minimum atomic E-state index is -0.663. The summed E-state index contributed by atoms with van der Waals surface area (Å²) in [6.45, 7) is 4.24. The number of carbonyl (C=O) groups excluding carboxylic acids is 3. The van der Waals surface area contributed by atoms with E-state index < -0.39 is 6.03 Å². The van der Waals surface area contributed by atoms with Gasteiger partial charge in [0.05, 0.1) is 129 Å². The van der Waals surface area contributed by atoms with E-state index in [1.54, 1.807) is 34.5 Å². The van der Waals surface area contributed by atoms with Gasteiger partial charge in [-0.05, 0) is 237 Å². The number of ether oxygens (including phenoxy) is 4. The molecule has 20 rings (SSSR count). The fraction of sp³-hybridized carbons (Fsp3) is 0.200. The Hall–Kier alpha value is -12.6. The van der Waals surface area contributed by atoms with Gasteiger partial charge in [-0.25, -0.2) is 43.3 Å². The van der Waals surface area contributed by atoms with Crippen LogP contribution in [0.4, 0.5) is 28.1 Å². The zero-order valence-corrected chi connectivity index (χ0v) is 89.7. The second kappa shape index (κ2) is 46.2. The summed E-state index contributed by atoms with van der Waals surface area (Å²) in [6.07, 6.45) is 3.12. The molecule has 0 spiro atoms. The number of anilines is 3. The second-order valence-corrected chi connectivity index (χ2v) is 33.9. The third-order valence-corrected chi connectivity index (χ3v) is 25.9. The van der Waals surface area contributed by atoms with E-state index in [0.717, 1.165) is 187 Å². The van der Waals surface area contributed by atoms with E-state index in [4.69, 9.17) is 36.1 Å². The molecule has 0 radical (unpaired) electrons. The van der Waals surface area contributed by atoms with Crippen LogP contribution < -0.4 is 70.4 Å². The molecular formula is C110H107N11O15W4+4. The van der Waals surface area contributed by atoms with Gasteiger partial charge in [-0.2, -0.15) is 5.32 Å². The molecule has 0 atom stereocenters. The number of aliphatic imine (C=N–C) groups is 1. The molecule has 0 aliphatic carbocycles. The number of primary amides is 1. The average molecular weight is 2560 g/mol. The summed E-state index contributed by atoms with van der Waals surface area (Å²) < 4.78 is 31.4. The fourth-order valence-electron chi connectivity index (χ4n) is 19.4. The number of nitrogens with zero attached hydrogens (tertiary/aromatic N) is 5. The Bertz CT molecular complexity index is 6930. The first-order chi connectivity index (χ1) is 66.1. The molecule has 4 aliphatic heterocycles. The molecule has 4 aliphatic rings. The number of amides is 4. The number of guanidine groups is 1. The number of hydrogen-bond acceptors (Lipinski definition) is 16. The molecule has 26 nitrogen and oxygen atoms in total. The number of methoxy groups -OCH3 is 4. The molecule has 4 aromatic heterocycles. The molecule has 17 N–H and O–H groups in total. The van der Waals surface area contributed by atoms with Crippen LogP contribution >= 0.6 is 0 Å². The van der Waals surface area contributed by atoms with Gasteiger partial charge in [-0.1, -0.05) is 121 Å². The summed E-state index contributed by atoms with van der Waals surface area (Å²) in [7, 11) is 6.75. The SMILES string of the molecule is COc1cc2c(cc1-c1ccccc1)-c1cc3cc(CO)c(CO)cc3c(N=C(N)N)[n+]1CC2.COc1cc2c(cc1-c1ccccc1)-c1cc3cc(CO)c(CO)cc3c(NC(C)=O)[n+]1CC2.COc1cc2c(cc1-c1ccccc1)-c1cc3cc(CO)c(CO)cc3c(NC(C)=O)[n+]1CC2.COc1cc2c(cc1-c1ccccc1)-c1cc3cc(CO)c(CO)cc3c(NC(N)=O)[n+]1CC2.[W].[W].[W].[W]. The van der Waals surface area contributed by atoms with Gasteiger partial charge in [0, 0.05) is 168 Å². The molecule has 30 heteroatoms. The summed E-state index contributed by atoms with van der Waals surface area (Å²) in [5, 5.41) is 94.2. The van der Waals surface area contributed by atoms with Gasteiger partial charge in [-0.3, -0.25) is 0 Å². The Morgan fingerprint density at radius 2 is 0.529 bits per heavy atom. The van der Waals surface area contributed by atoms with Gasteiger partial charge >= 0.3 is 29.6 Å². The molecule has 0 unspecified atom stereocenters. The van der Waals surface area contributed by atoms with Crippen LogP contribution in [0.15, 0.2) is 248 Å². The third kappa shape index (κ3) is 21.1. The molecule has 12 aromatic carbocycles. The van der Waals surface area contributed by atoms with Gasteiger partial charge in [0.15, 0.2) is 0 Å². The molecule has 140 heavy (non-hydrogen) atoms. The summed E-state index contributed by atoms with van der Waals surface area (Å²) in [6, 6.07) is 80.1. The van der Waals surface area contributed by atoms with Crippen LogP contribution in [0.25, 0.3) is 133 Å². The van der Waals surface area contributed by atoms with Gasteiger partial charge in [0.1, 0.15) is 45.8 Å². The smallest absolute Gasteiger partial charge is 0.404 e. The fourth-order valence-corrected chi connectivity index (χ4v) is 19.4. The number of benzene rings is 12. The summed E-state index contributed by atoms with van der Waals surface area (Å²) in [5.41, 5.74) is 43.5. The maximum absolute atomic E-state index is 12.2. The standard InChI is InChI=1S/2C28H26N2O4.C27H26N4O3.C27H25N3O4.4W/c2*1-17(33)29-28-25-11-22(16-32)21(15-31)10-20(25)12-26-23-14-24(18-6-4-3-5-7-18)27(34-2)13-19(23)8-9-30(26)28;1-34-25-12-17-7-8-31-24(21(17)13-22(25)16-5-3-2-4-6-16)11-18-9-19(14-32)20(15-33)10-23(18)26(31)30-27(28)29;1-34-25-12-17-7-8-30-24(21(17)13-22(25)16-5-3-2-4-6-16)11-18-9-19(14-31)20(15-32)10-23(18)26(30)29-27(28)33;;;;/h2*3-7,10-14,31-32H,8-9,15-16H2,1-2H3;2-6,9-13,32-33H,7-8,14-15H2,1H3,(H3,28,29);2-6,9-13,31-32H,7-8,14-15H2,1H3,(H2,28,33);;;;/p+4. The normalized spacial score (nSPS) is 11.9. The molecule has 712 valence electrons. The number of aliphatic hydroxyl groups excluding tert-OH is 8. The number of rotatable bonds is 20. The van der Waals surface area contributed by atoms with Gasteiger partial charge in [0.2, 0.25) is 0 Å². The molecule has 0 bridgehead atoms. The Morgan fingerprint density at radius 3 is 0.764 bits per heavy atom. The van der Waals surface area contributed by atoms with Crippen molar-refractivity contribution in [1.82, 2.24) is 0 Å². The van der Waals surface area contributed by atoms with Gasteiger partial charge in [0.25, 0.3) is 17.5 Å². The number of nitrogens with two attached hydrogens (primary N) is 3. The Labute approximate surface area is 866 Å². The zero-order chi connectivity index (χ0) is 95.3. The van der Waals surface area contributed by atoms with E-state index >= 15 is 0 Å². The van der Waals surface area contributed by atoms with Crippen molar-refractivity contribution >= 4 is 90.2 Å². The minimum Gasteiger partial charge on any atom is -0.496 e. The number of nitrogens with one attached hydrogen (secondary N) is 3. The number of aromatic nitrogens is 4. The predicted molar refractivity (Wildman–Crippen MR) is 526 cm³/mol. The van der Waals surface area contributed by atoms with Crippen molar-refractivity contribution in [1.29, 1.82) is 0 Å². The van der Waals surface area contributed by atoms with E-state index in [2.05, 4.69) is 148 Å². The van der Waals surface area contributed by atoms with E-state index in [1.165, 1.54) is 30.5 Å². The first kappa shape index (κ1) is 105. The van der Waals surface area contributed by atoms with E-state index in [9.17, 15) is 55.2 Å². The largest absolute Gasteiger partial charge is 0.496 e. The van der Waals surface area contributed by atoms with Crippen molar-refractivity contribution in [2.75, 3.05) is 44.4 Å². The third-order valence-electron chi connectivity index (χ3n) is 25.9. The van der Waals surface area contributed by atoms with Crippen molar-refractivity contribution in [3.8, 4) is 113 Å². The van der Waals surface area contributed by atoms with Gasteiger partial charge in [-0.15, -0.1) is 0 Å². The average Bonchev–Trinajstić information content (AvgIpc) is 0.748. The maximum atomic E-state index is 12.2. The molecule has 0 saturated carbocycles. The molecule has 16 aromatic rings. The van der Waals surface area contributed by atoms with Crippen molar-refractivity contribution in [2.24, 2.45) is 22.2 Å². The summed E-state index contributed by atoms with van der Waals surface area (Å²) in [4.78, 5) is 40.7. The molecule has 8 heterocycles. The number of fused-ring (bicyclic) bond motifs is 16. The van der Waals surface area contributed by atoms with Crippen molar-refractivity contribution in [3.05, 3.63) is 309 Å². The summed E-state index contributed by atoms with van der Waals surface area (Å²) in [5.74, 6) is 5.54. The molecular weight excluding hydrogens is 2450 g/mol. The van der Waals surface area contributed by atoms with E-state index in [1.807, 2.05) is 127 Å².